The SMILES string of the molecule is Cc1ccc(N2C(=O)/C(=C\c3cccs3)SC2c2ccc(Cl)cc2)cc1. The van der Waals surface area contributed by atoms with E-state index in [2.05, 4.69) is 0 Å². The number of nitrogens with zero attached hydrogens (tertiary/aromatic N) is 1. The first-order valence-corrected chi connectivity index (χ1v) is 10.3. The van der Waals surface area contributed by atoms with Crippen LogP contribution in [-0.4, -0.2) is 5.91 Å². The number of anilines is 1. The average Bonchev–Trinajstić information content (AvgIpc) is 3.26. The molecule has 3 aromatic rings. The van der Waals surface area contributed by atoms with Gasteiger partial charge in [-0.3, -0.25) is 9.69 Å². The molecule has 0 bridgehead atoms. The Balaban J connectivity index is 1.77. The maximum atomic E-state index is 13.2. The lowest BCUT2D eigenvalue weighted by Gasteiger charge is -2.24. The number of carbonyl (C=O) groups excluding carboxylic acids is 1. The van der Waals surface area contributed by atoms with Crippen LogP contribution in [0.2, 0.25) is 5.02 Å². The number of thiophene rings is 1. The second kappa shape index (κ2) is 7.31. The summed E-state index contributed by atoms with van der Waals surface area (Å²) in [6.07, 6.45) is 1.98. The molecule has 0 N–H and O–H groups in total. The highest BCUT2D eigenvalue weighted by Crippen LogP contribution is 2.48. The predicted molar refractivity (Wildman–Crippen MR) is 113 cm³/mol. The van der Waals surface area contributed by atoms with E-state index in [1.165, 1.54) is 5.56 Å². The van der Waals surface area contributed by atoms with E-state index in [0.717, 1.165) is 21.0 Å². The van der Waals surface area contributed by atoms with Crippen LogP contribution in [0.4, 0.5) is 5.69 Å². The molecule has 130 valence electrons. The molecule has 1 aliphatic rings. The number of aryl methyl sites for hydroxylation is 1. The maximum Gasteiger partial charge on any atom is 0.266 e. The van der Waals surface area contributed by atoms with Crippen molar-refractivity contribution in [2.45, 2.75) is 12.3 Å². The minimum Gasteiger partial charge on any atom is -0.291 e. The van der Waals surface area contributed by atoms with Crippen LogP contribution >= 0.6 is 34.7 Å². The van der Waals surface area contributed by atoms with Crippen LogP contribution in [0.5, 0.6) is 0 Å². The van der Waals surface area contributed by atoms with Gasteiger partial charge < -0.3 is 0 Å². The summed E-state index contributed by atoms with van der Waals surface area (Å²) in [5.74, 6) is 0.0344. The van der Waals surface area contributed by atoms with Crippen molar-refractivity contribution in [1.29, 1.82) is 0 Å². The summed E-state index contributed by atoms with van der Waals surface area (Å²) in [6, 6.07) is 19.8. The molecule has 0 saturated carbocycles. The van der Waals surface area contributed by atoms with Crippen LogP contribution in [-0.2, 0) is 4.79 Å². The number of halogens is 1. The van der Waals surface area contributed by atoms with Crippen LogP contribution in [0.3, 0.4) is 0 Å². The Hall–Kier alpha value is -2.01. The van der Waals surface area contributed by atoms with Gasteiger partial charge in [-0.1, -0.05) is 59.3 Å². The van der Waals surface area contributed by atoms with Gasteiger partial charge in [-0.15, -0.1) is 11.3 Å². The summed E-state index contributed by atoms with van der Waals surface area (Å²) >= 11 is 9.26. The molecule has 5 heteroatoms. The predicted octanol–water partition coefficient (Wildman–Crippen LogP) is 6.53. The third kappa shape index (κ3) is 3.45. The Morgan fingerprint density at radius 2 is 1.77 bits per heavy atom. The van der Waals surface area contributed by atoms with Gasteiger partial charge >= 0.3 is 0 Å². The fourth-order valence-corrected chi connectivity index (χ4v) is 4.96. The number of benzene rings is 2. The lowest BCUT2D eigenvalue weighted by atomic mass is 10.1. The zero-order chi connectivity index (χ0) is 18.1. The van der Waals surface area contributed by atoms with Crippen LogP contribution in [0, 0.1) is 6.92 Å². The van der Waals surface area contributed by atoms with Crippen molar-refractivity contribution in [2.75, 3.05) is 4.90 Å². The second-order valence-electron chi connectivity index (χ2n) is 6.06. The van der Waals surface area contributed by atoms with Crippen molar-refractivity contribution >= 4 is 52.4 Å². The molecule has 2 aromatic carbocycles. The Morgan fingerprint density at radius 3 is 2.42 bits per heavy atom. The molecule has 0 radical (unpaired) electrons. The molecule has 1 fully saturated rings. The molecular formula is C21H16ClNOS2. The summed E-state index contributed by atoms with van der Waals surface area (Å²) < 4.78 is 0. The van der Waals surface area contributed by atoms with Crippen LogP contribution in [0.1, 0.15) is 21.4 Å². The molecule has 1 amide bonds. The van der Waals surface area contributed by atoms with Gasteiger partial charge in [-0.2, -0.15) is 0 Å². The number of amides is 1. The molecular weight excluding hydrogens is 382 g/mol. The van der Waals surface area contributed by atoms with Gasteiger partial charge in [0, 0.05) is 15.6 Å². The zero-order valence-corrected chi connectivity index (χ0v) is 16.4. The van der Waals surface area contributed by atoms with Gasteiger partial charge in [0.15, 0.2) is 0 Å². The molecule has 4 rings (SSSR count). The number of thioether (sulfide) groups is 1. The normalized spacial score (nSPS) is 18.7. The van der Waals surface area contributed by atoms with E-state index in [1.54, 1.807) is 23.1 Å². The zero-order valence-electron chi connectivity index (χ0n) is 14.1. The third-order valence-electron chi connectivity index (χ3n) is 4.19. The van der Waals surface area contributed by atoms with Crippen molar-refractivity contribution in [2.24, 2.45) is 0 Å². The molecule has 1 unspecified atom stereocenters. The van der Waals surface area contributed by atoms with Gasteiger partial charge in [0.25, 0.3) is 5.91 Å². The largest absolute Gasteiger partial charge is 0.291 e. The topological polar surface area (TPSA) is 20.3 Å². The standard InChI is InChI=1S/C21H16ClNOS2/c1-14-4-10-17(11-5-14)23-20(24)19(13-18-3-2-12-25-18)26-21(23)15-6-8-16(22)9-7-15/h2-13,21H,1H3/b19-13+. The molecule has 1 saturated heterocycles. The van der Waals surface area contributed by atoms with Crippen molar-refractivity contribution in [1.82, 2.24) is 0 Å². The molecule has 1 aliphatic heterocycles. The smallest absolute Gasteiger partial charge is 0.266 e. The molecule has 1 atom stereocenters. The minimum absolute atomic E-state index is 0.0344. The summed E-state index contributed by atoms with van der Waals surface area (Å²) in [6.45, 7) is 2.04. The fourth-order valence-electron chi connectivity index (χ4n) is 2.85. The molecule has 2 nitrogen and oxygen atoms in total. The lowest BCUT2D eigenvalue weighted by Crippen LogP contribution is -2.27. The molecule has 1 aromatic heterocycles. The molecule has 0 aliphatic carbocycles. The Labute approximate surface area is 166 Å². The lowest BCUT2D eigenvalue weighted by molar-refractivity contribution is -0.114. The van der Waals surface area contributed by atoms with Gasteiger partial charge in [0.05, 0.1) is 4.91 Å². The van der Waals surface area contributed by atoms with Gasteiger partial charge in [-0.25, -0.2) is 0 Å². The molecule has 0 spiro atoms. The van der Waals surface area contributed by atoms with Crippen molar-refractivity contribution < 1.29 is 4.79 Å². The summed E-state index contributed by atoms with van der Waals surface area (Å²) in [5, 5.41) is 2.61. The van der Waals surface area contributed by atoms with E-state index in [4.69, 9.17) is 11.6 Å². The van der Waals surface area contributed by atoms with E-state index in [1.807, 2.05) is 83.9 Å². The summed E-state index contributed by atoms with van der Waals surface area (Å²) in [5.41, 5.74) is 3.14. The van der Waals surface area contributed by atoms with E-state index in [0.29, 0.717) is 5.02 Å². The molecule has 2 heterocycles. The number of rotatable bonds is 3. The van der Waals surface area contributed by atoms with Crippen molar-refractivity contribution in [3.63, 3.8) is 0 Å². The van der Waals surface area contributed by atoms with E-state index in [-0.39, 0.29) is 11.3 Å². The van der Waals surface area contributed by atoms with Crippen molar-refractivity contribution in [3.8, 4) is 0 Å². The first-order chi connectivity index (χ1) is 12.6. The second-order valence-corrected chi connectivity index (χ2v) is 8.59. The van der Waals surface area contributed by atoms with E-state index >= 15 is 0 Å². The summed E-state index contributed by atoms with van der Waals surface area (Å²) in [4.78, 5) is 16.9. The van der Waals surface area contributed by atoms with Gasteiger partial charge in [-0.05, 0) is 54.3 Å². The monoisotopic (exact) mass is 397 g/mol. The average molecular weight is 398 g/mol. The number of hydrogen-bond acceptors (Lipinski definition) is 3. The highest BCUT2D eigenvalue weighted by molar-refractivity contribution is 8.05. The third-order valence-corrected chi connectivity index (χ3v) is 6.51. The molecule has 26 heavy (non-hydrogen) atoms. The van der Waals surface area contributed by atoms with Crippen LogP contribution in [0.15, 0.2) is 70.9 Å². The van der Waals surface area contributed by atoms with Crippen LogP contribution < -0.4 is 4.90 Å². The fraction of sp³-hybridized carbons (Fsp3) is 0.0952. The number of hydrogen-bond donors (Lipinski definition) is 0. The maximum absolute atomic E-state index is 13.2. The quantitative estimate of drug-likeness (QED) is 0.468. The number of carbonyl (C=O) groups is 1. The first-order valence-electron chi connectivity index (χ1n) is 8.19. The first kappa shape index (κ1) is 17.4. The summed E-state index contributed by atoms with van der Waals surface area (Å²) in [7, 11) is 0. The highest BCUT2D eigenvalue weighted by Gasteiger charge is 2.38. The van der Waals surface area contributed by atoms with E-state index < -0.39 is 0 Å². The van der Waals surface area contributed by atoms with E-state index in [9.17, 15) is 4.79 Å². The Kier molecular flexibility index (Phi) is 4.90. The minimum atomic E-state index is -0.103. The van der Waals surface area contributed by atoms with Crippen LogP contribution in [0.25, 0.3) is 6.08 Å². The van der Waals surface area contributed by atoms with Gasteiger partial charge in [0.1, 0.15) is 5.37 Å². The Bertz CT molecular complexity index is 947. The van der Waals surface area contributed by atoms with Crippen molar-refractivity contribution in [3.05, 3.63) is 92.0 Å². The van der Waals surface area contributed by atoms with Gasteiger partial charge in [0.2, 0.25) is 0 Å². The highest BCUT2D eigenvalue weighted by atomic mass is 35.5. The Morgan fingerprint density at radius 1 is 1.04 bits per heavy atom.